The molecule has 0 bridgehead atoms. The minimum atomic E-state index is -1.03. The Bertz CT molecular complexity index is 1180. The lowest BCUT2D eigenvalue weighted by Crippen LogP contribution is -2.25. The molecule has 152 valence electrons. The Kier molecular flexibility index (Phi) is 5.31. The van der Waals surface area contributed by atoms with E-state index in [2.05, 4.69) is 18.2 Å². The number of aromatic nitrogens is 1. The molecule has 4 rings (SSSR count). The number of hydrogen-bond acceptors (Lipinski definition) is 4. The van der Waals surface area contributed by atoms with Crippen molar-refractivity contribution in [2.45, 2.75) is 39.3 Å². The van der Waals surface area contributed by atoms with Crippen molar-refractivity contribution >= 4 is 5.91 Å². The number of hydrogen-bond donors (Lipinski definition) is 0. The zero-order valence-electron chi connectivity index (χ0n) is 16.9. The average Bonchev–Trinajstić information content (AvgIpc) is 2.77. The molecule has 3 aromatic rings. The van der Waals surface area contributed by atoms with E-state index in [1.54, 1.807) is 0 Å². The molecule has 2 aromatic carbocycles. The van der Waals surface area contributed by atoms with Gasteiger partial charge in [0.15, 0.2) is 5.43 Å². The van der Waals surface area contributed by atoms with Crippen LogP contribution in [0.1, 0.15) is 46.4 Å². The third-order valence-corrected chi connectivity index (χ3v) is 5.63. The van der Waals surface area contributed by atoms with Crippen LogP contribution in [0.15, 0.2) is 64.7 Å². The van der Waals surface area contributed by atoms with Crippen LogP contribution in [0.4, 0.5) is 0 Å². The highest BCUT2D eigenvalue weighted by Gasteiger charge is 2.26. The minimum absolute atomic E-state index is 0.0657. The molecule has 1 atom stereocenters. The third-order valence-electron chi connectivity index (χ3n) is 5.63. The summed E-state index contributed by atoms with van der Waals surface area (Å²) < 4.78 is 8.00. The van der Waals surface area contributed by atoms with E-state index in [0.717, 1.165) is 46.5 Å². The largest absolute Gasteiger partial charge is 0.489 e. The van der Waals surface area contributed by atoms with Crippen molar-refractivity contribution in [2.24, 2.45) is 5.18 Å². The fourth-order valence-corrected chi connectivity index (χ4v) is 4.00. The summed E-state index contributed by atoms with van der Waals surface area (Å²) in [6.07, 6.45) is 3.03. The van der Waals surface area contributed by atoms with Crippen molar-refractivity contribution < 1.29 is 9.53 Å². The number of carbonyl (C=O) groups excluding carboxylic acids is 1. The van der Waals surface area contributed by atoms with Gasteiger partial charge in [0.25, 0.3) is 0 Å². The maximum absolute atomic E-state index is 12.4. The summed E-state index contributed by atoms with van der Waals surface area (Å²) in [7, 11) is 0. The van der Waals surface area contributed by atoms with Gasteiger partial charge in [-0.25, -0.2) is 0 Å². The number of aryl methyl sites for hydroxylation is 1. The Morgan fingerprint density at radius 3 is 2.67 bits per heavy atom. The summed E-state index contributed by atoms with van der Waals surface area (Å²) in [6, 6.07) is 15.6. The van der Waals surface area contributed by atoms with Crippen LogP contribution < -0.4 is 10.2 Å². The second-order valence-corrected chi connectivity index (χ2v) is 7.56. The van der Waals surface area contributed by atoms with E-state index in [1.165, 1.54) is 12.3 Å². The molecular formula is C24H22N2O4. The molecule has 0 radical (unpaired) electrons. The number of pyridine rings is 1. The fourth-order valence-electron chi connectivity index (χ4n) is 4.00. The number of fused-ring (bicyclic) bond motifs is 3. The predicted molar refractivity (Wildman–Crippen MR) is 115 cm³/mol. The van der Waals surface area contributed by atoms with Gasteiger partial charge in [-0.2, -0.15) is 0 Å². The zero-order chi connectivity index (χ0) is 21.3. The van der Waals surface area contributed by atoms with E-state index in [9.17, 15) is 14.5 Å². The molecule has 0 unspecified atom stereocenters. The number of amides is 1. The summed E-state index contributed by atoms with van der Waals surface area (Å²) >= 11 is 0. The highest BCUT2D eigenvalue weighted by molar-refractivity contribution is 5.94. The molecule has 0 spiro atoms. The minimum Gasteiger partial charge on any atom is -0.489 e. The van der Waals surface area contributed by atoms with Gasteiger partial charge in [0.2, 0.25) is 0 Å². The van der Waals surface area contributed by atoms with Crippen LogP contribution in [0.25, 0.3) is 11.3 Å². The van der Waals surface area contributed by atoms with Crippen LogP contribution in [0.3, 0.4) is 0 Å². The Balaban J connectivity index is 1.75. The van der Waals surface area contributed by atoms with Gasteiger partial charge in [0.05, 0.1) is 5.69 Å². The Hall–Kier alpha value is -3.54. The molecule has 30 heavy (non-hydrogen) atoms. The normalized spacial score (nSPS) is 14.5. The third kappa shape index (κ3) is 3.56. The van der Waals surface area contributed by atoms with Crippen molar-refractivity contribution in [3.05, 3.63) is 92.1 Å². The number of rotatable bonds is 5. The highest BCUT2D eigenvalue weighted by Crippen LogP contribution is 2.39. The van der Waals surface area contributed by atoms with E-state index in [4.69, 9.17) is 4.74 Å². The molecule has 1 aliphatic rings. The maximum Gasteiger partial charge on any atom is 0.322 e. The van der Waals surface area contributed by atoms with Gasteiger partial charge < -0.3 is 9.30 Å². The number of nitrogens with zero attached hydrogens (tertiary/aromatic N) is 2. The second kappa shape index (κ2) is 8.06. The van der Waals surface area contributed by atoms with Crippen molar-refractivity contribution in [3.8, 4) is 17.0 Å². The molecule has 1 aromatic heterocycles. The summed E-state index contributed by atoms with van der Waals surface area (Å²) in [6.45, 7) is 4.51. The smallest absolute Gasteiger partial charge is 0.322 e. The number of ether oxygens (including phenoxy) is 1. The van der Waals surface area contributed by atoms with E-state index in [1.807, 2.05) is 47.9 Å². The molecule has 1 amide bonds. The maximum atomic E-state index is 12.4. The lowest BCUT2D eigenvalue weighted by Gasteiger charge is -2.31. The van der Waals surface area contributed by atoms with E-state index in [0.29, 0.717) is 6.61 Å². The molecule has 0 fully saturated rings. The Morgan fingerprint density at radius 2 is 1.97 bits per heavy atom. The average molecular weight is 402 g/mol. The first-order valence-electron chi connectivity index (χ1n) is 9.96. The van der Waals surface area contributed by atoms with Crippen molar-refractivity contribution in [1.82, 2.24) is 4.57 Å². The topological polar surface area (TPSA) is 77.7 Å². The van der Waals surface area contributed by atoms with Crippen LogP contribution in [0.5, 0.6) is 5.75 Å². The van der Waals surface area contributed by atoms with Crippen LogP contribution in [0, 0.1) is 11.8 Å². The van der Waals surface area contributed by atoms with Crippen LogP contribution in [-0.2, 0) is 13.0 Å². The first-order chi connectivity index (χ1) is 14.5. The second-order valence-electron chi connectivity index (χ2n) is 7.56. The number of benzene rings is 2. The van der Waals surface area contributed by atoms with Crippen molar-refractivity contribution in [3.63, 3.8) is 0 Å². The predicted octanol–water partition coefficient (Wildman–Crippen LogP) is 4.82. The lowest BCUT2D eigenvalue weighted by atomic mass is 9.89. The standard InChI is InChI=1S/C24H22N2O4/c1-3-18-10-17-11-23(30-14-16-7-5-4-6-8-16)15(2)9-19(17)21-12-22(27)20(13-26(18)21)24(28)25-29/h4-9,11-13,18H,3,10,14H2,1-2H3/t18-/m0/s1. The molecule has 0 aliphatic carbocycles. The van der Waals surface area contributed by atoms with Gasteiger partial charge in [-0.15, -0.1) is 4.91 Å². The van der Waals surface area contributed by atoms with Crippen molar-refractivity contribution in [2.75, 3.05) is 0 Å². The molecule has 0 saturated heterocycles. The van der Waals surface area contributed by atoms with Gasteiger partial charge in [0, 0.05) is 29.0 Å². The van der Waals surface area contributed by atoms with Crippen LogP contribution in [0.2, 0.25) is 0 Å². The molecule has 0 N–H and O–H groups in total. The van der Waals surface area contributed by atoms with Crippen LogP contribution in [-0.4, -0.2) is 10.5 Å². The van der Waals surface area contributed by atoms with Gasteiger partial charge in [-0.1, -0.05) is 37.3 Å². The first-order valence-corrected chi connectivity index (χ1v) is 9.96. The van der Waals surface area contributed by atoms with E-state index < -0.39 is 11.3 Å². The van der Waals surface area contributed by atoms with Gasteiger partial charge in [-0.05, 0) is 48.6 Å². The molecule has 6 nitrogen and oxygen atoms in total. The lowest BCUT2D eigenvalue weighted by molar-refractivity contribution is 0.0999. The number of nitroso groups, excluding NO2 is 1. The zero-order valence-corrected chi connectivity index (χ0v) is 16.9. The summed E-state index contributed by atoms with van der Waals surface area (Å²) in [5.41, 5.74) is 4.17. The highest BCUT2D eigenvalue weighted by atomic mass is 16.5. The molecule has 6 heteroatoms. The van der Waals surface area contributed by atoms with E-state index in [-0.39, 0.29) is 11.6 Å². The first kappa shape index (κ1) is 19.8. The summed E-state index contributed by atoms with van der Waals surface area (Å²) in [5.74, 6) is -0.211. The number of carbonyl (C=O) groups is 1. The quantitative estimate of drug-likeness (QED) is 0.574. The Morgan fingerprint density at radius 1 is 1.20 bits per heavy atom. The van der Waals surface area contributed by atoms with Gasteiger partial charge in [-0.3, -0.25) is 9.59 Å². The summed E-state index contributed by atoms with van der Waals surface area (Å²) in [4.78, 5) is 34.8. The molecular weight excluding hydrogens is 380 g/mol. The molecule has 0 saturated carbocycles. The monoisotopic (exact) mass is 402 g/mol. The summed E-state index contributed by atoms with van der Waals surface area (Å²) in [5, 5.41) is 2.42. The van der Waals surface area contributed by atoms with Gasteiger partial charge >= 0.3 is 5.91 Å². The molecule has 2 heterocycles. The SMILES string of the molecule is CC[C@H]1Cc2cc(OCc3ccccc3)c(C)cc2-c2cc(=O)c(C(=O)N=O)cn21. The van der Waals surface area contributed by atoms with Crippen molar-refractivity contribution in [1.29, 1.82) is 0 Å². The molecule has 1 aliphatic heterocycles. The van der Waals surface area contributed by atoms with E-state index >= 15 is 0 Å². The fraction of sp³-hybridized carbons (Fsp3) is 0.250. The Labute approximate surface area is 174 Å². The van der Waals surface area contributed by atoms with Crippen LogP contribution >= 0.6 is 0 Å². The van der Waals surface area contributed by atoms with Gasteiger partial charge in [0.1, 0.15) is 17.9 Å².